The average Bonchev–Trinajstić information content (AvgIpc) is 3.50. The first-order chi connectivity index (χ1) is 16.0. The quantitative estimate of drug-likeness (QED) is 0.545. The summed E-state index contributed by atoms with van der Waals surface area (Å²) < 4.78 is 4.79. The molecule has 1 aliphatic rings. The predicted molar refractivity (Wildman–Crippen MR) is 125 cm³/mol. The van der Waals surface area contributed by atoms with Gasteiger partial charge in [-0.15, -0.1) is 10.2 Å². The fourth-order valence-electron chi connectivity index (χ4n) is 3.62. The van der Waals surface area contributed by atoms with Crippen molar-refractivity contribution in [2.45, 2.75) is 25.8 Å². The maximum Gasteiger partial charge on any atom is 0.339 e. The van der Waals surface area contributed by atoms with Crippen LogP contribution < -0.4 is 10.6 Å². The molecule has 0 spiro atoms. The number of nitrogens with zero attached hydrogens (tertiary/aromatic N) is 3. The predicted octanol–water partition coefficient (Wildman–Crippen LogP) is 4.25. The molecule has 2 heterocycles. The van der Waals surface area contributed by atoms with Crippen LogP contribution in [0.4, 0.5) is 16.2 Å². The van der Waals surface area contributed by atoms with Crippen molar-refractivity contribution in [1.29, 1.82) is 0 Å². The standard InChI is InChI=1S/C23H23N5O4S/c1-14-9-11-15(12-10-14)24-19(29)21-27-26-20(33-21)18-8-5-13-28(18)23(31)25-17-7-4-3-6-16(17)22(30)32-2/h3-4,6-7,9-12,18H,5,8,13H2,1-2H3,(H,24,29)(H,25,31)/t18-/m1/s1. The zero-order valence-corrected chi connectivity index (χ0v) is 19.0. The molecule has 4 rings (SSSR count). The van der Waals surface area contributed by atoms with Crippen LogP contribution in [0.25, 0.3) is 0 Å². The minimum atomic E-state index is -0.530. The van der Waals surface area contributed by atoms with E-state index in [1.165, 1.54) is 18.4 Å². The first kappa shape index (κ1) is 22.4. The molecule has 1 fully saturated rings. The maximum atomic E-state index is 13.0. The van der Waals surface area contributed by atoms with Crippen LogP contribution >= 0.6 is 11.3 Å². The number of aromatic nitrogens is 2. The number of rotatable bonds is 5. The number of aryl methyl sites for hydroxylation is 1. The summed E-state index contributed by atoms with van der Waals surface area (Å²) in [6.45, 7) is 2.50. The lowest BCUT2D eigenvalue weighted by atomic mass is 10.2. The Bertz CT molecular complexity index is 1180. The summed E-state index contributed by atoms with van der Waals surface area (Å²) in [6, 6.07) is 13.5. The molecule has 0 aliphatic carbocycles. The number of ether oxygens (including phenoxy) is 1. The SMILES string of the molecule is COC(=O)c1ccccc1NC(=O)N1CCC[C@@H]1c1nnc(C(=O)Nc2ccc(C)cc2)s1. The van der Waals surface area contributed by atoms with Crippen LogP contribution in [-0.4, -0.2) is 46.7 Å². The molecule has 0 bridgehead atoms. The lowest BCUT2D eigenvalue weighted by molar-refractivity contribution is 0.0601. The zero-order chi connectivity index (χ0) is 23.4. The lowest BCUT2D eigenvalue weighted by Crippen LogP contribution is -2.34. The number of methoxy groups -OCH3 is 1. The van der Waals surface area contributed by atoms with Gasteiger partial charge in [-0.1, -0.05) is 41.2 Å². The molecule has 1 aromatic heterocycles. The third kappa shape index (κ3) is 5.01. The van der Waals surface area contributed by atoms with E-state index >= 15 is 0 Å². The van der Waals surface area contributed by atoms with Gasteiger partial charge in [0.2, 0.25) is 5.01 Å². The second-order valence-electron chi connectivity index (χ2n) is 7.58. The molecule has 3 aromatic rings. The first-order valence-electron chi connectivity index (χ1n) is 10.4. The third-order valence-corrected chi connectivity index (χ3v) is 6.34. The topological polar surface area (TPSA) is 114 Å². The molecular weight excluding hydrogens is 442 g/mol. The van der Waals surface area contributed by atoms with E-state index in [-0.39, 0.29) is 28.6 Å². The van der Waals surface area contributed by atoms with Gasteiger partial charge in [0.25, 0.3) is 5.91 Å². The number of urea groups is 1. The van der Waals surface area contributed by atoms with E-state index in [4.69, 9.17) is 4.74 Å². The second kappa shape index (κ2) is 9.78. The van der Waals surface area contributed by atoms with E-state index in [1.807, 2.05) is 31.2 Å². The second-order valence-corrected chi connectivity index (χ2v) is 8.59. The number of amides is 3. The van der Waals surface area contributed by atoms with Crippen molar-refractivity contribution < 1.29 is 19.1 Å². The highest BCUT2D eigenvalue weighted by Crippen LogP contribution is 2.34. The Morgan fingerprint density at radius 3 is 2.58 bits per heavy atom. The van der Waals surface area contributed by atoms with Gasteiger partial charge in [0.1, 0.15) is 5.01 Å². The molecule has 33 heavy (non-hydrogen) atoms. The molecule has 1 saturated heterocycles. The van der Waals surface area contributed by atoms with Crippen molar-refractivity contribution >= 4 is 40.6 Å². The number of nitrogens with one attached hydrogen (secondary N) is 2. The number of anilines is 2. The number of para-hydroxylation sites is 1. The van der Waals surface area contributed by atoms with E-state index in [1.54, 1.807) is 29.2 Å². The van der Waals surface area contributed by atoms with Crippen molar-refractivity contribution in [3.05, 3.63) is 69.7 Å². The average molecular weight is 466 g/mol. The summed E-state index contributed by atoms with van der Waals surface area (Å²) in [5.41, 5.74) is 2.42. The molecule has 0 radical (unpaired) electrons. The number of esters is 1. The van der Waals surface area contributed by atoms with E-state index in [2.05, 4.69) is 20.8 Å². The first-order valence-corrected chi connectivity index (χ1v) is 11.2. The molecule has 9 nitrogen and oxygen atoms in total. The van der Waals surface area contributed by atoms with Crippen LogP contribution in [0.5, 0.6) is 0 Å². The van der Waals surface area contributed by atoms with Crippen LogP contribution in [-0.2, 0) is 4.74 Å². The fourth-order valence-corrected chi connectivity index (χ4v) is 4.50. The van der Waals surface area contributed by atoms with Crippen LogP contribution in [0.15, 0.2) is 48.5 Å². The zero-order valence-electron chi connectivity index (χ0n) is 18.2. The maximum absolute atomic E-state index is 13.0. The van der Waals surface area contributed by atoms with Gasteiger partial charge >= 0.3 is 12.0 Å². The third-order valence-electron chi connectivity index (χ3n) is 5.32. The van der Waals surface area contributed by atoms with Gasteiger partial charge in [0.15, 0.2) is 0 Å². The van der Waals surface area contributed by atoms with Crippen LogP contribution in [0.1, 0.15) is 49.6 Å². The molecular formula is C23H23N5O4S. The molecule has 3 amide bonds. The van der Waals surface area contributed by atoms with Crippen molar-refractivity contribution in [3.63, 3.8) is 0 Å². The van der Waals surface area contributed by atoms with Crippen molar-refractivity contribution in [2.75, 3.05) is 24.3 Å². The van der Waals surface area contributed by atoms with Crippen molar-refractivity contribution in [2.24, 2.45) is 0 Å². The molecule has 10 heteroatoms. The minimum absolute atomic E-state index is 0.230. The number of benzene rings is 2. The molecule has 1 atom stereocenters. The van der Waals surface area contributed by atoms with Gasteiger partial charge in [0.05, 0.1) is 24.4 Å². The number of likely N-dealkylation sites (tertiary alicyclic amines) is 1. The lowest BCUT2D eigenvalue weighted by Gasteiger charge is -2.23. The van der Waals surface area contributed by atoms with Crippen molar-refractivity contribution in [1.82, 2.24) is 15.1 Å². The molecule has 170 valence electrons. The summed E-state index contributed by atoms with van der Waals surface area (Å²) in [6.07, 6.45) is 1.50. The van der Waals surface area contributed by atoms with Gasteiger partial charge in [-0.05, 0) is 44.0 Å². The Balaban J connectivity index is 1.46. The van der Waals surface area contributed by atoms with Crippen LogP contribution in [0.2, 0.25) is 0 Å². The highest BCUT2D eigenvalue weighted by atomic mass is 32.1. The van der Waals surface area contributed by atoms with Gasteiger partial charge in [-0.25, -0.2) is 9.59 Å². The number of hydrogen-bond acceptors (Lipinski definition) is 7. The van der Waals surface area contributed by atoms with Gasteiger partial charge in [-0.2, -0.15) is 0 Å². The summed E-state index contributed by atoms with van der Waals surface area (Å²) in [7, 11) is 1.29. The molecule has 1 aliphatic heterocycles. The Labute approximate surface area is 194 Å². The van der Waals surface area contributed by atoms with Gasteiger partial charge in [0, 0.05) is 12.2 Å². The highest BCUT2D eigenvalue weighted by molar-refractivity contribution is 7.13. The minimum Gasteiger partial charge on any atom is -0.465 e. The Hall–Kier alpha value is -3.79. The fraction of sp³-hybridized carbons (Fsp3) is 0.261. The Kier molecular flexibility index (Phi) is 6.64. The monoisotopic (exact) mass is 465 g/mol. The Morgan fingerprint density at radius 1 is 1.06 bits per heavy atom. The largest absolute Gasteiger partial charge is 0.465 e. The number of carbonyl (C=O) groups excluding carboxylic acids is 3. The summed E-state index contributed by atoms with van der Waals surface area (Å²) in [5.74, 6) is -0.874. The molecule has 2 aromatic carbocycles. The van der Waals surface area contributed by atoms with Crippen LogP contribution in [0.3, 0.4) is 0 Å². The number of hydrogen-bond donors (Lipinski definition) is 2. The smallest absolute Gasteiger partial charge is 0.339 e. The normalized spacial score (nSPS) is 15.2. The Morgan fingerprint density at radius 2 is 1.82 bits per heavy atom. The summed E-state index contributed by atoms with van der Waals surface area (Å²) >= 11 is 1.17. The summed E-state index contributed by atoms with van der Waals surface area (Å²) in [5, 5.41) is 14.7. The highest BCUT2D eigenvalue weighted by Gasteiger charge is 2.33. The molecule has 2 N–H and O–H groups in total. The van der Waals surface area contributed by atoms with E-state index in [0.717, 1.165) is 12.0 Å². The van der Waals surface area contributed by atoms with Gasteiger partial charge in [-0.3, -0.25) is 4.79 Å². The van der Waals surface area contributed by atoms with Crippen molar-refractivity contribution in [3.8, 4) is 0 Å². The number of carbonyl (C=O) groups is 3. The summed E-state index contributed by atoms with van der Waals surface area (Å²) in [4.78, 5) is 39.2. The van der Waals surface area contributed by atoms with E-state index in [0.29, 0.717) is 29.3 Å². The van der Waals surface area contributed by atoms with E-state index in [9.17, 15) is 14.4 Å². The molecule has 0 saturated carbocycles. The van der Waals surface area contributed by atoms with Crippen LogP contribution in [0, 0.1) is 6.92 Å². The molecule has 0 unspecified atom stereocenters. The van der Waals surface area contributed by atoms with E-state index < -0.39 is 5.97 Å². The van der Waals surface area contributed by atoms with Gasteiger partial charge < -0.3 is 20.3 Å².